The summed E-state index contributed by atoms with van der Waals surface area (Å²) in [5, 5.41) is 8.52. The first-order valence-electron chi connectivity index (χ1n) is 5.92. The number of thiophene rings is 1. The summed E-state index contributed by atoms with van der Waals surface area (Å²) in [6.45, 7) is 3.83. The molecule has 0 aromatic carbocycles. The van der Waals surface area contributed by atoms with Crippen molar-refractivity contribution in [3.05, 3.63) is 21.6 Å². The minimum absolute atomic E-state index is 0.225. The van der Waals surface area contributed by atoms with Crippen molar-refractivity contribution in [2.24, 2.45) is 7.05 Å². The van der Waals surface area contributed by atoms with Crippen LogP contribution in [0.25, 0.3) is 10.2 Å². The summed E-state index contributed by atoms with van der Waals surface area (Å²) >= 11 is 2.78. The van der Waals surface area contributed by atoms with Crippen molar-refractivity contribution >= 4 is 49.6 Å². The summed E-state index contributed by atoms with van der Waals surface area (Å²) in [5.41, 5.74) is 7.41. The molecule has 20 heavy (non-hydrogen) atoms. The van der Waals surface area contributed by atoms with Crippen LogP contribution in [0.5, 0.6) is 0 Å². The Morgan fingerprint density at radius 2 is 2.15 bits per heavy atom. The molecular formula is C12H13N5OS2. The average molecular weight is 307 g/mol. The lowest BCUT2D eigenvalue weighted by molar-refractivity contribution is 0.103. The normalized spacial score (nSPS) is 11.2. The molecule has 1 amide bonds. The summed E-state index contributed by atoms with van der Waals surface area (Å²) in [4.78, 5) is 18.9. The van der Waals surface area contributed by atoms with E-state index in [0.29, 0.717) is 15.7 Å². The molecule has 0 aliphatic carbocycles. The number of carbonyl (C=O) groups excluding carboxylic acids is 1. The molecule has 0 saturated carbocycles. The lowest BCUT2D eigenvalue weighted by Gasteiger charge is -2.00. The third kappa shape index (κ3) is 1.97. The van der Waals surface area contributed by atoms with Gasteiger partial charge in [0.1, 0.15) is 9.71 Å². The van der Waals surface area contributed by atoms with E-state index >= 15 is 0 Å². The van der Waals surface area contributed by atoms with Gasteiger partial charge in [0.2, 0.25) is 0 Å². The van der Waals surface area contributed by atoms with Crippen LogP contribution in [0, 0.1) is 13.8 Å². The third-order valence-electron chi connectivity index (χ3n) is 2.93. The van der Waals surface area contributed by atoms with E-state index in [-0.39, 0.29) is 5.91 Å². The number of fused-ring (bicyclic) bond motifs is 1. The molecule has 8 heteroatoms. The highest BCUT2D eigenvalue weighted by Gasteiger charge is 2.21. The van der Waals surface area contributed by atoms with E-state index in [1.54, 1.807) is 10.9 Å². The number of rotatable bonds is 2. The number of hydrogen-bond acceptors (Lipinski definition) is 6. The molecule has 3 aromatic rings. The number of aromatic nitrogens is 3. The van der Waals surface area contributed by atoms with E-state index in [1.807, 2.05) is 20.9 Å². The maximum atomic E-state index is 12.3. The number of thiazole rings is 1. The van der Waals surface area contributed by atoms with Gasteiger partial charge >= 0.3 is 0 Å². The SMILES string of the molecule is Cc1cnc(NC(=O)c2sc3c(c(C)nn3C)c2N)s1. The first-order chi connectivity index (χ1) is 9.47. The maximum Gasteiger partial charge on any atom is 0.269 e. The molecule has 3 aromatic heterocycles. The third-order valence-corrected chi connectivity index (χ3v) is 5.03. The molecule has 0 unspecified atom stereocenters. The number of anilines is 2. The van der Waals surface area contributed by atoms with Gasteiger partial charge in [0.15, 0.2) is 5.13 Å². The number of amides is 1. The molecule has 0 bridgehead atoms. The van der Waals surface area contributed by atoms with E-state index < -0.39 is 0 Å². The van der Waals surface area contributed by atoms with Gasteiger partial charge in [0.05, 0.1) is 16.8 Å². The lowest BCUT2D eigenvalue weighted by atomic mass is 10.2. The standard InChI is InChI=1S/C12H13N5OS2/c1-5-4-14-12(19-5)15-10(18)9-8(13)7-6(2)16-17(3)11(7)20-9/h4H,13H2,1-3H3,(H,14,15,18). The van der Waals surface area contributed by atoms with Gasteiger partial charge in [-0.1, -0.05) is 0 Å². The monoisotopic (exact) mass is 307 g/mol. The smallest absolute Gasteiger partial charge is 0.269 e. The molecule has 3 rings (SSSR count). The number of aryl methyl sites for hydroxylation is 3. The maximum absolute atomic E-state index is 12.3. The number of nitrogen functional groups attached to an aromatic ring is 1. The first-order valence-corrected chi connectivity index (χ1v) is 7.56. The fraction of sp³-hybridized carbons (Fsp3) is 0.250. The Bertz CT molecular complexity index is 813. The number of nitrogens with one attached hydrogen (secondary N) is 1. The average Bonchev–Trinajstić information content (AvgIpc) is 3.00. The summed E-state index contributed by atoms with van der Waals surface area (Å²) in [7, 11) is 1.84. The molecule has 0 aliphatic rings. The number of carbonyl (C=O) groups is 1. The summed E-state index contributed by atoms with van der Waals surface area (Å²) in [6, 6.07) is 0. The van der Waals surface area contributed by atoms with E-state index in [1.165, 1.54) is 22.7 Å². The molecule has 0 fully saturated rings. The molecule has 3 N–H and O–H groups in total. The van der Waals surface area contributed by atoms with Crippen molar-refractivity contribution < 1.29 is 4.79 Å². The summed E-state index contributed by atoms with van der Waals surface area (Å²) in [5.74, 6) is -0.225. The van der Waals surface area contributed by atoms with Gasteiger partial charge < -0.3 is 5.73 Å². The molecule has 0 spiro atoms. The lowest BCUT2D eigenvalue weighted by Crippen LogP contribution is -2.11. The van der Waals surface area contributed by atoms with Gasteiger partial charge in [0.25, 0.3) is 5.91 Å². The Morgan fingerprint density at radius 1 is 1.40 bits per heavy atom. The van der Waals surface area contributed by atoms with Crippen molar-refractivity contribution in [1.82, 2.24) is 14.8 Å². The van der Waals surface area contributed by atoms with E-state index in [9.17, 15) is 4.79 Å². The molecule has 0 radical (unpaired) electrons. The van der Waals surface area contributed by atoms with Crippen LogP contribution in [0.4, 0.5) is 10.8 Å². The fourth-order valence-corrected chi connectivity index (χ4v) is 3.81. The summed E-state index contributed by atoms with van der Waals surface area (Å²) in [6.07, 6.45) is 1.72. The Hall–Kier alpha value is -1.93. The highest BCUT2D eigenvalue weighted by atomic mass is 32.1. The van der Waals surface area contributed by atoms with Crippen LogP contribution in [-0.2, 0) is 7.05 Å². The Balaban J connectivity index is 1.99. The molecule has 0 saturated heterocycles. The molecular weight excluding hydrogens is 294 g/mol. The van der Waals surface area contributed by atoms with Crippen molar-refractivity contribution in [1.29, 1.82) is 0 Å². The Labute approximate surface area is 123 Å². The highest BCUT2D eigenvalue weighted by molar-refractivity contribution is 7.21. The zero-order chi connectivity index (χ0) is 14.4. The molecule has 6 nitrogen and oxygen atoms in total. The zero-order valence-electron chi connectivity index (χ0n) is 11.2. The van der Waals surface area contributed by atoms with E-state index in [4.69, 9.17) is 5.73 Å². The van der Waals surface area contributed by atoms with E-state index in [2.05, 4.69) is 15.4 Å². The molecule has 0 aliphatic heterocycles. The van der Waals surface area contributed by atoms with Crippen LogP contribution < -0.4 is 11.1 Å². The van der Waals surface area contributed by atoms with Crippen molar-refractivity contribution in [3.8, 4) is 0 Å². The second-order valence-electron chi connectivity index (χ2n) is 4.46. The second kappa shape index (κ2) is 4.57. The van der Waals surface area contributed by atoms with Gasteiger partial charge in [-0.2, -0.15) is 5.10 Å². The van der Waals surface area contributed by atoms with Gasteiger partial charge in [-0.3, -0.25) is 14.8 Å². The van der Waals surface area contributed by atoms with Gasteiger partial charge in [-0.05, 0) is 13.8 Å². The number of nitrogens with two attached hydrogens (primary N) is 1. The van der Waals surface area contributed by atoms with Crippen molar-refractivity contribution in [2.75, 3.05) is 11.1 Å². The number of nitrogens with zero attached hydrogens (tertiary/aromatic N) is 3. The number of hydrogen-bond donors (Lipinski definition) is 2. The predicted octanol–water partition coefficient (Wildman–Crippen LogP) is 2.54. The first kappa shape index (κ1) is 13.1. The summed E-state index contributed by atoms with van der Waals surface area (Å²) < 4.78 is 1.75. The van der Waals surface area contributed by atoms with Gasteiger partial charge in [-0.15, -0.1) is 22.7 Å². The topological polar surface area (TPSA) is 85.8 Å². The van der Waals surface area contributed by atoms with Crippen LogP contribution in [0.1, 0.15) is 20.2 Å². The van der Waals surface area contributed by atoms with Crippen LogP contribution in [-0.4, -0.2) is 20.7 Å². The Morgan fingerprint density at radius 3 is 2.75 bits per heavy atom. The largest absolute Gasteiger partial charge is 0.397 e. The van der Waals surface area contributed by atoms with Crippen molar-refractivity contribution in [2.45, 2.75) is 13.8 Å². The fourth-order valence-electron chi connectivity index (χ4n) is 2.06. The Kier molecular flexibility index (Phi) is 2.98. The van der Waals surface area contributed by atoms with Gasteiger partial charge in [0, 0.05) is 18.1 Å². The van der Waals surface area contributed by atoms with Crippen LogP contribution in [0.15, 0.2) is 6.20 Å². The minimum atomic E-state index is -0.225. The van der Waals surface area contributed by atoms with Crippen molar-refractivity contribution in [3.63, 3.8) is 0 Å². The van der Waals surface area contributed by atoms with Crippen LogP contribution >= 0.6 is 22.7 Å². The highest BCUT2D eigenvalue weighted by Crippen LogP contribution is 2.35. The molecule has 104 valence electrons. The minimum Gasteiger partial charge on any atom is -0.397 e. The van der Waals surface area contributed by atoms with Crippen LogP contribution in [0.2, 0.25) is 0 Å². The quantitative estimate of drug-likeness (QED) is 0.762. The second-order valence-corrected chi connectivity index (χ2v) is 6.70. The predicted molar refractivity (Wildman–Crippen MR) is 82.5 cm³/mol. The van der Waals surface area contributed by atoms with E-state index in [0.717, 1.165) is 20.8 Å². The van der Waals surface area contributed by atoms with Crippen LogP contribution in [0.3, 0.4) is 0 Å². The molecule has 0 atom stereocenters. The molecule has 3 heterocycles. The van der Waals surface area contributed by atoms with Gasteiger partial charge in [-0.25, -0.2) is 4.98 Å². The zero-order valence-corrected chi connectivity index (χ0v) is 12.9.